The first-order valence-corrected chi connectivity index (χ1v) is 13.0. The molecule has 0 aromatic carbocycles. The van der Waals surface area contributed by atoms with Crippen LogP contribution in [0.2, 0.25) is 0 Å². The van der Waals surface area contributed by atoms with Crippen molar-refractivity contribution in [2.24, 2.45) is 0 Å². The number of nitrogens with zero attached hydrogens (tertiary/aromatic N) is 2. The van der Waals surface area contributed by atoms with Gasteiger partial charge in [-0.1, -0.05) is 17.5 Å². The minimum absolute atomic E-state index is 0.115. The molecule has 6 atom stereocenters. The minimum Gasteiger partial charge on any atom is -0.387 e. The van der Waals surface area contributed by atoms with Crippen molar-refractivity contribution in [3.05, 3.63) is 22.7 Å². The molecule has 2 rings (SSSR count). The van der Waals surface area contributed by atoms with Crippen molar-refractivity contribution in [3.8, 4) is 11.8 Å². The van der Waals surface area contributed by atoms with E-state index in [1.807, 2.05) is 0 Å². The average molecular weight is 540 g/mol. The molecule has 3 unspecified atom stereocenters. The van der Waals surface area contributed by atoms with Crippen molar-refractivity contribution >= 4 is 40.9 Å². The van der Waals surface area contributed by atoms with E-state index in [4.69, 9.17) is 36.8 Å². The fourth-order valence-corrected chi connectivity index (χ4v) is 5.98. The van der Waals surface area contributed by atoms with E-state index in [0.29, 0.717) is 0 Å². The van der Waals surface area contributed by atoms with Crippen LogP contribution in [0.1, 0.15) is 13.2 Å². The number of hydrogen-bond donors (Lipinski definition) is 6. The normalized spacial score (nSPS) is 29.5. The summed E-state index contributed by atoms with van der Waals surface area (Å²) >= 11 is 6.38. The number of rotatable bonds is 8. The van der Waals surface area contributed by atoms with Crippen LogP contribution < -0.4 is 11.4 Å². The zero-order chi connectivity index (χ0) is 24.5. The van der Waals surface area contributed by atoms with Crippen LogP contribution in [0.25, 0.3) is 0 Å². The van der Waals surface area contributed by atoms with Gasteiger partial charge < -0.3 is 35.2 Å². The second kappa shape index (κ2) is 9.61. The topological polar surface area (TPSA) is 250 Å². The van der Waals surface area contributed by atoms with Crippen LogP contribution in [-0.4, -0.2) is 57.9 Å². The first-order valence-electron chi connectivity index (χ1n) is 8.09. The van der Waals surface area contributed by atoms with E-state index in [1.54, 1.807) is 0 Å². The van der Waals surface area contributed by atoms with Gasteiger partial charge in [-0.2, -0.15) is 13.6 Å². The molecule has 0 spiro atoms. The number of aliphatic hydroxyl groups is 1. The van der Waals surface area contributed by atoms with Crippen molar-refractivity contribution < 1.29 is 56.3 Å². The number of nitrogen functional groups attached to an aromatic ring is 1. The van der Waals surface area contributed by atoms with E-state index in [2.05, 4.69) is 30.0 Å². The van der Waals surface area contributed by atoms with Crippen molar-refractivity contribution in [2.45, 2.75) is 30.2 Å². The highest BCUT2D eigenvalue weighted by molar-refractivity contribution is 7.66. The Labute approximate surface area is 184 Å². The lowest BCUT2D eigenvalue weighted by molar-refractivity contribution is -0.0455. The summed E-state index contributed by atoms with van der Waals surface area (Å²) in [4.78, 5) is 49.4. The van der Waals surface area contributed by atoms with E-state index >= 15 is 0 Å². The monoisotopic (exact) mass is 539 g/mol. The molecule has 0 saturated carbocycles. The molecule has 0 bridgehead atoms. The van der Waals surface area contributed by atoms with Gasteiger partial charge in [0, 0.05) is 6.20 Å². The quantitative estimate of drug-likeness (QED) is 0.137. The van der Waals surface area contributed by atoms with Gasteiger partial charge >= 0.3 is 29.2 Å². The van der Waals surface area contributed by atoms with Crippen LogP contribution in [-0.2, 0) is 31.6 Å². The number of ether oxygens (including phenoxy) is 1. The highest BCUT2D eigenvalue weighted by atomic mass is 35.5. The minimum atomic E-state index is -5.74. The molecule has 20 heteroatoms. The third-order valence-corrected chi connectivity index (χ3v) is 7.99. The van der Waals surface area contributed by atoms with Gasteiger partial charge in [-0.15, -0.1) is 5.92 Å². The lowest BCUT2D eigenvalue weighted by atomic mass is 9.99. The van der Waals surface area contributed by atoms with Gasteiger partial charge in [-0.25, -0.2) is 18.5 Å². The van der Waals surface area contributed by atoms with Crippen molar-refractivity contribution in [3.63, 3.8) is 0 Å². The molecule has 16 nitrogen and oxygen atoms in total. The number of nitrogens with two attached hydrogens (primary N) is 1. The molecule has 1 aromatic heterocycles. The number of halogens is 1. The van der Waals surface area contributed by atoms with Gasteiger partial charge in [0.1, 0.15) is 18.0 Å². The maximum absolute atomic E-state index is 12.2. The smallest absolute Gasteiger partial charge is 0.387 e. The number of phosphoric acid groups is 3. The molecule has 1 aliphatic rings. The molecular formula is C12H17ClN3O13P3. The largest absolute Gasteiger partial charge is 0.490 e. The number of aliphatic hydroxyl groups excluding tert-OH is 1. The Morgan fingerprint density at radius 1 is 1.28 bits per heavy atom. The first kappa shape index (κ1) is 27.1. The summed E-state index contributed by atoms with van der Waals surface area (Å²) in [5.74, 6) is 4.79. The van der Waals surface area contributed by atoms with Crippen LogP contribution in [0.15, 0.2) is 17.1 Å². The van der Waals surface area contributed by atoms with Crippen molar-refractivity contribution in [1.29, 1.82) is 0 Å². The van der Waals surface area contributed by atoms with Crippen molar-refractivity contribution in [2.75, 3.05) is 12.3 Å². The molecule has 1 fully saturated rings. The van der Waals surface area contributed by atoms with E-state index in [-0.39, 0.29) is 5.82 Å². The lowest BCUT2D eigenvalue weighted by Crippen LogP contribution is -2.43. The van der Waals surface area contributed by atoms with E-state index < -0.39 is 59.1 Å². The molecule has 1 saturated heterocycles. The van der Waals surface area contributed by atoms with Crippen LogP contribution in [0, 0.1) is 11.8 Å². The Morgan fingerprint density at radius 2 is 1.91 bits per heavy atom. The zero-order valence-corrected chi connectivity index (χ0v) is 19.2. The predicted octanol–water partition coefficient (Wildman–Crippen LogP) is -0.572. The molecule has 2 heterocycles. The van der Waals surface area contributed by atoms with Crippen LogP contribution >= 0.6 is 35.1 Å². The maximum atomic E-state index is 12.2. The average Bonchev–Trinajstić information content (AvgIpc) is 2.82. The van der Waals surface area contributed by atoms with Gasteiger partial charge in [0.25, 0.3) is 0 Å². The molecule has 0 amide bonds. The van der Waals surface area contributed by atoms with Gasteiger partial charge in [-0.3, -0.25) is 9.09 Å². The van der Waals surface area contributed by atoms with Crippen LogP contribution in [0.4, 0.5) is 5.82 Å². The van der Waals surface area contributed by atoms with E-state index in [0.717, 1.165) is 10.8 Å². The van der Waals surface area contributed by atoms with Gasteiger partial charge in [-0.05, 0) is 13.0 Å². The summed E-state index contributed by atoms with van der Waals surface area (Å²) in [5, 5.41) is 10.6. The second-order valence-electron chi connectivity index (χ2n) is 6.04. The first-order chi connectivity index (χ1) is 14.5. The van der Waals surface area contributed by atoms with Crippen molar-refractivity contribution in [1.82, 2.24) is 9.55 Å². The summed E-state index contributed by atoms with van der Waals surface area (Å²) in [7, 11) is -16.8. The lowest BCUT2D eigenvalue weighted by Gasteiger charge is -2.25. The molecule has 1 aromatic rings. The van der Waals surface area contributed by atoms with Gasteiger partial charge in [0.05, 0.1) is 6.61 Å². The zero-order valence-electron chi connectivity index (χ0n) is 15.8. The highest BCUT2D eigenvalue weighted by Crippen LogP contribution is 2.66. The summed E-state index contributed by atoms with van der Waals surface area (Å²) in [6.07, 6.45) is -3.63. The van der Waals surface area contributed by atoms with E-state index in [9.17, 15) is 28.5 Å². The number of hydrogen-bond acceptors (Lipinski definition) is 11. The Morgan fingerprint density at radius 3 is 2.44 bits per heavy atom. The molecule has 0 aliphatic carbocycles. The maximum Gasteiger partial charge on any atom is 0.490 e. The third-order valence-electron chi connectivity index (χ3n) is 3.68. The Balaban J connectivity index is 2.23. The Bertz CT molecular complexity index is 1130. The predicted molar refractivity (Wildman–Crippen MR) is 105 cm³/mol. The summed E-state index contributed by atoms with van der Waals surface area (Å²) in [6.45, 7) is 0.357. The van der Waals surface area contributed by atoms with Crippen LogP contribution in [0.5, 0.6) is 0 Å². The molecule has 7 N–H and O–H groups in total. The fraction of sp³-hybridized carbons (Fsp3) is 0.500. The fourth-order valence-electron chi connectivity index (χ4n) is 2.56. The number of alkyl halides is 1. The number of aromatic nitrogens is 2. The molecular weight excluding hydrogens is 523 g/mol. The standard InChI is InChI=1S/C12H17ClN3O13P3/c1-2-4-12(13)9(17)7(27-10(12)16-5-3-8(14)15-11(16)18)6-26-31(22,23)29-32(24,25)28-30(19,20)21/h3,5,7,9-10,17H,6H2,1H3,(H,22,23)(H,24,25)(H2,14,15,18)(H2,19,20,21)/t7-,9+,10-,12?/m1/s1. The molecule has 32 heavy (non-hydrogen) atoms. The number of anilines is 1. The molecule has 180 valence electrons. The summed E-state index contributed by atoms with van der Waals surface area (Å²) < 4.78 is 51.8. The number of phosphoric ester groups is 1. The molecule has 1 aliphatic heterocycles. The Hall–Kier alpha value is -1.14. The second-order valence-corrected chi connectivity index (χ2v) is 11.1. The van der Waals surface area contributed by atoms with Gasteiger partial charge in [0.15, 0.2) is 11.1 Å². The van der Waals surface area contributed by atoms with Gasteiger partial charge in [0.2, 0.25) is 0 Å². The molecule has 0 radical (unpaired) electrons. The van der Waals surface area contributed by atoms with E-state index in [1.165, 1.54) is 13.0 Å². The third kappa shape index (κ3) is 6.69. The summed E-state index contributed by atoms with van der Waals surface area (Å²) in [5.41, 5.74) is 4.50. The van der Waals surface area contributed by atoms with Crippen LogP contribution in [0.3, 0.4) is 0 Å². The summed E-state index contributed by atoms with van der Waals surface area (Å²) in [6, 6.07) is 1.23. The SMILES string of the molecule is CC#CC1(Cl)[C@@H](O)[C@@H](COP(=O)(O)OP(=O)(O)OP(=O)(O)O)O[C@H]1n1ccc(N)nc1=O. The highest BCUT2D eigenvalue weighted by Gasteiger charge is 2.56. The Kier molecular flexibility index (Phi) is 8.14.